The molecule has 0 N–H and O–H groups in total. The fourth-order valence-corrected chi connectivity index (χ4v) is 7.25. The number of carbonyl (C=O) groups excluding carboxylic acids is 3. The zero-order chi connectivity index (χ0) is 48.6. The van der Waals surface area contributed by atoms with Crippen LogP contribution in [0.5, 0.6) is 0 Å². The monoisotopic (exact) mass is 929 g/mol. The lowest BCUT2D eigenvalue weighted by Gasteiger charge is -2.18. The molecule has 0 aliphatic heterocycles. The number of ether oxygens (including phenoxy) is 3. The Morgan fingerprint density at radius 3 is 1.00 bits per heavy atom. The maximum atomic E-state index is 12.8. The first kappa shape index (κ1) is 63.1. The molecule has 1 unspecified atom stereocenters. The van der Waals surface area contributed by atoms with Crippen molar-refractivity contribution in [2.45, 2.75) is 245 Å². The molecule has 0 aliphatic rings. The van der Waals surface area contributed by atoms with E-state index in [2.05, 4.69) is 118 Å². The molecule has 380 valence electrons. The zero-order valence-electron chi connectivity index (χ0n) is 43.4. The van der Waals surface area contributed by atoms with Crippen molar-refractivity contribution < 1.29 is 28.6 Å². The maximum Gasteiger partial charge on any atom is 0.306 e. The number of hydrogen-bond donors (Lipinski definition) is 0. The van der Waals surface area contributed by atoms with Gasteiger partial charge in [-0.1, -0.05) is 239 Å². The second-order valence-electron chi connectivity index (χ2n) is 17.7. The van der Waals surface area contributed by atoms with E-state index in [4.69, 9.17) is 14.2 Å². The van der Waals surface area contributed by atoms with E-state index in [1.807, 2.05) is 12.2 Å². The molecule has 0 aliphatic carbocycles. The Morgan fingerprint density at radius 1 is 0.313 bits per heavy atom. The molecule has 0 rings (SSSR count). The van der Waals surface area contributed by atoms with E-state index < -0.39 is 6.10 Å². The van der Waals surface area contributed by atoms with Crippen molar-refractivity contribution >= 4 is 17.9 Å². The first-order valence-corrected chi connectivity index (χ1v) is 27.4. The summed E-state index contributed by atoms with van der Waals surface area (Å²) in [7, 11) is 0. The Labute approximate surface area is 412 Å². The average Bonchev–Trinajstić information content (AvgIpc) is 3.33. The van der Waals surface area contributed by atoms with Gasteiger partial charge in [-0.25, -0.2) is 0 Å². The molecular weight excluding hydrogens is 829 g/mol. The van der Waals surface area contributed by atoms with Gasteiger partial charge >= 0.3 is 17.9 Å². The van der Waals surface area contributed by atoms with Crippen molar-refractivity contribution in [1.82, 2.24) is 0 Å². The summed E-state index contributed by atoms with van der Waals surface area (Å²) >= 11 is 0. The summed E-state index contributed by atoms with van der Waals surface area (Å²) in [4.78, 5) is 38.0. The van der Waals surface area contributed by atoms with Crippen LogP contribution in [0.2, 0.25) is 0 Å². The van der Waals surface area contributed by atoms with Gasteiger partial charge in [0, 0.05) is 19.3 Å². The minimum absolute atomic E-state index is 0.121. The third kappa shape index (κ3) is 52.9. The van der Waals surface area contributed by atoms with E-state index in [9.17, 15) is 14.4 Å². The third-order valence-corrected chi connectivity index (χ3v) is 11.3. The van der Waals surface area contributed by atoms with Crippen LogP contribution in [0, 0.1) is 0 Å². The van der Waals surface area contributed by atoms with Crippen LogP contribution < -0.4 is 0 Å². The highest BCUT2D eigenvalue weighted by Gasteiger charge is 2.19. The molecular formula is C61H100O6. The van der Waals surface area contributed by atoms with Crippen molar-refractivity contribution in [2.75, 3.05) is 13.2 Å². The van der Waals surface area contributed by atoms with Gasteiger partial charge in [-0.15, -0.1) is 0 Å². The molecule has 0 heterocycles. The molecule has 0 fully saturated rings. The van der Waals surface area contributed by atoms with E-state index >= 15 is 0 Å². The lowest BCUT2D eigenvalue weighted by molar-refractivity contribution is -0.166. The molecule has 6 heteroatoms. The molecule has 0 aromatic heterocycles. The van der Waals surface area contributed by atoms with Crippen LogP contribution in [0.25, 0.3) is 0 Å². The SMILES string of the molecule is CC/C=C\C/C=C\C/C=C\C/C=C\C/C=C\C/C=C\CCC(=O)OCC(COC(=O)CCCC/C=C\C/C=C\C/C=C\CC)OC(=O)CCCCCCCCCCCCCCCCCCCC. The van der Waals surface area contributed by atoms with Crippen molar-refractivity contribution in [1.29, 1.82) is 0 Å². The molecule has 0 bridgehead atoms. The van der Waals surface area contributed by atoms with Gasteiger partial charge in [-0.2, -0.15) is 0 Å². The van der Waals surface area contributed by atoms with E-state index in [1.165, 1.54) is 96.3 Å². The second-order valence-corrected chi connectivity index (χ2v) is 17.7. The summed E-state index contributed by atoms with van der Waals surface area (Å²) in [5.74, 6) is -1.04. The van der Waals surface area contributed by atoms with Crippen molar-refractivity contribution in [3.05, 3.63) is 109 Å². The predicted molar refractivity (Wildman–Crippen MR) is 288 cm³/mol. The standard InChI is InChI=1S/C61H100O6/c1-4-7-10-13-16-19-22-25-27-29-31-33-34-36-39-42-45-48-51-54-60(63)66-57-58(56-65-59(62)53-50-47-44-41-38-24-21-18-15-12-9-6-3)67-61(64)55-52-49-46-43-40-37-35-32-30-28-26-23-20-17-14-11-8-5-2/h7,9-10,12,16,18-19,21,25,27,31,33,36,38-39,41,45,48,58H,4-6,8,11,13-15,17,20,22-24,26,28-30,32,34-35,37,40,42-44,46-47,49-57H2,1-3H3/b10-7-,12-9-,19-16-,21-18-,27-25-,33-31-,39-36-,41-38-,48-45-. The van der Waals surface area contributed by atoms with Crippen LogP contribution in [0.1, 0.15) is 239 Å². The summed E-state index contributed by atoms with van der Waals surface area (Å²) < 4.78 is 16.7. The summed E-state index contributed by atoms with van der Waals surface area (Å²) in [5.41, 5.74) is 0. The molecule has 0 aromatic carbocycles. The van der Waals surface area contributed by atoms with Gasteiger partial charge < -0.3 is 14.2 Å². The quantitative estimate of drug-likeness (QED) is 0.0262. The minimum atomic E-state index is -0.824. The molecule has 67 heavy (non-hydrogen) atoms. The fourth-order valence-electron chi connectivity index (χ4n) is 7.25. The van der Waals surface area contributed by atoms with Crippen molar-refractivity contribution in [3.8, 4) is 0 Å². The van der Waals surface area contributed by atoms with E-state index in [1.54, 1.807) is 0 Å². The number of allylic oxidation sites excluding steroid dienone is 18. The fraction of sp³-hybridized carbons (Fsp3) is 0.656. The first-order chi connectivity index (χ1) is 33.0. The van der Waals surface area contributed by atoms with Crippen LogP contribution >= 0.6 is 0 Å². The molecule has 6 nitrogen and oxygen atoms in total. The van der Waals surface area contributed by atoms with Crippen LogP contribution in [0.15, 0.2) is 109 Å². The molecule has 0 radical (unpaired) electrons. The van der Waals surface area contributed by atoms with Crippen LogP contribution in [0.4, 0.5) is 0 Å². The summed E-state index contributed by atoms with van der Waals surface area (Å²) in [5, 5.41) is 0. The number of carbonyl (C=O) groups is 3. The van der Waals surface area contributed by atoms with Gasteiger partial charge in [-0.3, -0.25) is 14.4 Å². The summed E-state index contributed by atoms with van der Waals surface area (Å²) in [6.07, 6.45) is 73.8. The smallest absolute Gasteiger partial charge is 0.306 e. The van der Waals surface area contributed by atoms with Crippen LogP contribution in [-0.4, -0.2) is 37.2 Å². The highest BCUT2D eigenvalue weighted by atomic mass is 16.6. The van der Waals surface area contributed by atoms with Crippen molar-refractivity contribution in [3.63, 3.8) is 0 Å². The van der Waals surface area contributed by atoms with Crippen LogP contribution in [-0.2, 0) is 28.6 Å². The largest absolute Gasteiger partial charge is 0.462 e. The zero-order valence-corrected chi connectivity index (χ0v) is 43.4. The van der Waals surface area contributed by atoms with Gasteiger partial charge in [0.25, 0.3) is 0 Å². The van der Waals surface area contributed by atoms with Gasteiger partial charge in [0.1, 0.15) is 13.2 Å². The topological polar surface area (TPSA) is 78.9 Å². The third-order valence-electron chi connectivity index (χ3n) is 11.3. The number of rotatable bonds is 48. The minimum Gasteiger partial charge on any atom is -0.462 e. The molecule has 0 spiro atoms. The van der Waals surface area contributed by atoms with Gasteiger partial charge in [-0.05, 0) is 89.9 Å². The van der Waals surface area contributed by atoms with Gasteiger partial charge in [0.05, 0.1) is 0 Å². The van der Waals surface area contributed by atoms with E-state index in [0.29, 0.717) is 25.7 Å². The first-order valence-electron chi connectivity index (χ1n) is 27.4. The molecule has 0 saturated heterocycles. The molecule has 0 amide bonds. The normalized spacial score (nSPS) is 12.9. The highest BCUT2D eigenvalue weighted by molar-refractivity contribution is 5.71. The van der Waals surface area contributed by atoms with Gasteiger partial charge in [0.15, 0.2) is 6.10 Å². The van der Waals surface area contributed by atoms with E-state index in [0.717, 1.165) is 89.9 Å². The maximum absolute atomic E-state index is 12.8. The highest BCUT2D eigenvalue weighted by Crippen LogP contribution is 2.15. The number of esters is 3. The van der Waals surface area contributed by atoms with Gasteiger partial charge in [0.2, 0.25) is 0 Å². The summed E-state index contributed by atoms with van der Waals surface area (Å²) in [6.45, 7) is 6.31. The number of unbranched alkanes of at least 4 members (excludes halogenated alkanes) is 19. The lowest BCUT2D eigenvalue weighted by Crippen LogP contribution is -2.30. The Kier molecular flexibility index (Phi) is 51.5. The summed E-state index contributed by atoms with van der Waals surface area (Å²) in [6, 6.07) is 0. The molecule has 0 saturated carbocycles. The second kappa shape index (κ2) is 54.7. The van der Waals surface area contributed by atoms with Crippen molar-refractivity contribution in [2.24, 2.45) is 0 Å². The average molecular weight is 929 g/mol. The van der Waals surface area contributed by atoms with E-state index in [-0.39, 0.29) is 37.5 Å². The Hall–Kier alpha value is -3.93. The van der Waals surface area contributed by atoms with Crippen LogP contribution in [0.3, 0.4) is 0 Å². The lowest BCUT2D eigenvalue weighted by atomic mass is 10.0. The Bertz CT molecular complexity index is 1390. The number of hydrogen-bond acceptors (Lipinski definition) is 6. The molecule has 1 atom stereocenters. The Morgan fingerprint density at radius 2 is 0.612 bits per heavy atom. The predicted octanol–water partition coefficient (Wildman–Crippen LogP) is 18.3. The Balaban J connectivity index is 4.50. The molecule has 0 aromatic rings.